The van der Waals surface area contributed by atoms with Gasteiger partial charge in [-0.25, -0.2) is 4.98 Å². The van der Waals surface area contributed by atoms with Crippen LogP contribution in [0.2, 0.25) is 0 Å². The SMILES string of the molecule is O=C(C[C@H]1Sc2ccccc2NC1=O)OCc1coc(-c2cccs2)n1. The van der Waals surface area contributed by atoms with Crippen LogP contribution in [0, 0.1) is 0 Å². The number of thiophene rings is 1. The van der Waals surface area contributed by atoms with Crippen LogP contribution in [-0.2, 0) is 20.9 Å². The molecule has 1 aliphatic rings. The van der Waals surface area contributed by atoms with Crippen LogP contribution in [0.25, 0.3) is 10.8 Å². The molecule has 6 nitrogen and oxygen atoms in total. The average Bonchev–Trinajstić information content (AvgIpc) is 3.32. The van der Waals surface area contributed by atoms with Crippen LogP contribution in [0.3, 0.4) is 0 Å². The Morgan fingerprint density at radius 2 is 2.15 bits per heavy atom. The van der Waals surface area contributed by atoms with E-state index in [0.717, 1.165) is 15.5 Å². The van der Waals surface area contributed by atoms with E-state index in [1.807, 2.05) is 41.8 Å². The summed E-state index contributed by atoms with van der Waals surface area (Å²) in [7, 11) is 0. The van der Waals surface area contributed by atoms with E-state index < -0.39 is 11.2 Å². The van der Waals surface area contributed by atoms with Crippen molar-refractivity contribution in [1.29, 1.82) is 0 Å². The van der Waals surface area contributed by atoms with Gasteiger partial charge in [0.05, 0.1) is 22.2 Å². The second-order valence-corrected chi connectivity index (χ2v) is 7.77. The second-order valence-electron chi connectivity index (χ2n) is 5.58. The van der Waals surface area contributed by atoms with Gasteiger partial charge in [0.2, 0.25) is 11.8 Å². The maximum absolute atomic E-state index is 12.1. The number of nitrogens with zero attached hydrogens (tertiary/aromatic N) is 1. The van der Waals surface area contributed by atoms with E-state index in [1.54, 1.807) is 0 Å². The van der Waals surface area contributed by atoms with Crippen LogP contribution in [0.4, 0.5) is 5.69 Å². The summed E-state index contributed by atoms with van der Waals surface area (Å²) in [5, 5.41) is 4.25. The normalized spacial score (nSPS) is 16.0. The molecular formula is C18H14N2O4S2. The first-order valence-corrected chi connectivity index (χ1v) is 9.65. The Bertz CT molecular complexity index is 936. The first-order chi connectivity index (χ1) is 12.7. The average molecular weight is 386 g/mol. The number of thioether (sulfide) groups is 1. The third kappa shape index (κ3) is 3.66. The predicted molar refractivity (Wildman–Crippen MR) is 98.9 cm³/mol. The van der Waals surface area contributed by atoms with Gasteiger partial charge in [0, 0.05) is 4.90 Å². The quantitative estimate of drug-likeness (QED) is 0.669. The van der Waals surface area contributed by atoms with E-state index in [4.69, 9.17) is 9.15 Å². The zero-order valence-electron chi connectivity index (χ0n) is 13.5. The molecule has 1 N–H and O–H groups in total. The van der Waals surface area contributed by atoms with Crippen LogP contribution >= 0.6 is 23.1 Å². The van der Waals surface area contributed by atoms with Crippen LogP contribution in [0.15, 0.2) is 57.4 Å². The molecule has 2 aromatic heterocycles. The molecule has 3 aromatic rings. The highest BCUT2D eigenvalue weighted by Crippen LogP contribution is 2.36. The lowest BCUT2D eigenvalue weighted by Gasteiger charge is -2.23. The predicted octanol–water partition coefficient (Wildman–Crippen LogP) is 3.95. The van der Waals surface area contributed by atoms with E-state index in [9.17, 15) is 9.59 Å². The van der Waals surface area contributed by atoms with Crippen LogP contribution in [0.1, 0.15) is 12.1 Å². The lowest BCUT2D eigenvalue weighted by Crippen LogP contribution is -2.31. The molecule has 0 aliphatic carbocycles. The Morgan fingerprint density at radius 3 is 3.00 bits per heavy atom. The highest BCUT2D eigenvalue weighted by atomic mass is 32.2. The number of ether oxygens (including phenoxy) is 1. The molecular weight excluding hydrogens is 372 g/mol. The Balaban J connectivity index is 1.33. The Labute approximate surface area is 157 Å². The molecule has 132 valence electrons. The summed E-state index contributed by atoms with van der Waals surface area (Å²) < 4.78 is 10.6. The summed E-state index contributed by atoms with van der Waals surface area (Å²) in [5.74, 6) is -0.130. The van der Waals surface area contributed by atoms with Gasteiger partial charge in [-0.1, -0.05) is 18.2 Å². The molecule has 0 spiro atoms. The van der Waals surface area contributed by atoms with Crippen molar-refractivity contribution in [1.82, 2.24) is 4.98 Å². The van der Waals surface area contributed by atoms with Gasteiger partial charge in [-0.05, 0) is 23.6 Å². The van der Waals surface area contributed by atoms with Crippen molar-refractivity contribution in [2.75, 3.05) is 5.32 Å². The summed E-state index contributed by atoms with van der Waals surface area (Å²) in [5.41, 5.74) is 1.31. The molecule has 0 saturated carbocycles. The number of benzene rings is 1. The molecule has 8 heteroatoms. The lowest BCUT2D eigenvalue weighted by molar-refractivity contribution is -0.145. The van der Waals surface area contributed by atoms with Gasteiger partial charge in [0.1, 0.15) is 18.6 Å². The van der Waals surface area contributed by atoms with Gasteiger partial charge in [0.25, 0.3) is 0 Å². The number of fused-ring (bicyclic) bond motifs is 1. The summed E-state index contributed by atoms with van der Waals surface area (Å²) in [4.78, 5) is 30.4. The van der Waals surface area contributed by atoms with Crippen molar-refractivity contribution >= 4 is 40.7 Å². The molecule has 0 fully saturated rings. The highest BCUT2D eigenvalue weighted by molar-refractivity contribution is 8.01. The van der Waals surface area contributed by atoms with E-state index in [-0.39, 0.29) is 18.9 Å². The molecule has 0 saturated heterocycles. The van der Waals surface area contributed by atoms with E-state index in [1.165, 1.54) is 29.4 Å². The number of oxazole rings is 1. The summed E-state index contributed by atoms with van der Waals surface area (Å²) in [6.07, 6.45) is 1.47. The van der Waals surface area contributed by atoms with Gasteiger partial charge < -0.3 is 14.5 Å². The second kappa shape index (κ2) is 7.35. The number of anilines is 1. The number of hydrogen-bond donors (Lipinski definition) is 1. The first-order valence-electron chi connectivity index (χ1n) is 7.89. The Kier molecular flexibility index (Phi) is 4.77. The number of amides is 1. The van der Waals surface area contributed by atoms with Gasteiger partial charge in [-0.3, -0.25) is 9.59 Å². The summed E-state index contributed by atoms with van der Waals surface area (Å²) in [6.45, 7) is 0.0172. The summed E-state index contributed by atoms with van der Waals surface area (Å²) >= 11 is 2.89. The maximum Gasteiger partial charge on any atom is 0.307 e. The lowest BCUT2D eigenvalue weighted by atomic mass is 10.2. The number of para-hydroxylation sites is 1. The fraction of sp³-hybridized carbons (Fsp3) is 0.167. The van der Waals surface area contributed by atoms with Crippen molar-refractivity contribution in [2.45, 2.75) is 23.2 Å². The number of rotatable bonds is 5. The minimum Gasteiger partial charge on any atom is -0.459 e. The molecule has 0 unspecified atom stereocenters. The molecule has 1 aromatic carbocycles. The third-order valence-electron chi connectivity index (χ3n) is 3.72. The van der Waals surface area contributed by atoms with Crippen LogP contribution < -0.4 is 5.32 Å². The zero-order valence-corrected chi connectivity index (χ0v) is 15.1. The Morgan fingerprint density at radius 1 is 1.27 bits per heavy atom. The van der Waals surface area contributed by atoms with Gasteiger partial charge >= 0.3 is 5.97 Å². The Hall–Kier alpha value is -2.58. The molecule has 4 rings (SSSR count). The summed E-state index contributed by atoms with van der Waals surface area (Å²) in [6, 6.07) is 11.3. The van der Waals surface area contributed by atoms with Crippen LogP contribution in [-0.4, -0.2) is 22.1 Å². The highest BCUT2D eigenvalue weighted by Gasteiger charge is 2.29. The molecule has 1 atom stereocenters. The minimum absolute atomic E-state index is 0.000464. The topological polar surface area (TPSA) is 81.4 Å². The molecule has 1 aliphatic heterocycles. The van der Waals surface area contributed by atoms with Crippen molar-refractivity contribution in [2.24, 2.45) is 0 Å². The van der Waals surface area contributed by atoms with Crippen molar-refractivity contribution < 1.29 is 18.7 Å². The first kappa shape index (κ1) is 16.9. The molecule has 1 amide bonds. The monoisotopic (exact) mass is 386 g/mol. The van der Waals surface area contributed by atoms with Gasteiger partial charge in [-0.15, -0.1) is 23.1 Å². The van der Waals surface area contributed by atoms with Crippen molar-refractivity contribution in [3.8, 4) is 10.8 Å². The molecule has 0 radical (unpaired) electrons. The van der Waals surface area contributed by atoms with Gasteiger partial charge in [0.15, 0.2) is 0 Å². The minimum atomic E-state index is -0.503. The number of hydrogen-bond acceptors (Lipinski definition) is 7. The molecule has 3 heterocycles. The van der Waals surface area contributed by atoms with E-state index in [0.29, 0.717) is 11.6 Å². The van der Waals surface area contributed by atoms with E-state index in [2.05, 4.69) is 10.3 Å². The largest absolute Gasteiger partial charge is 0.459 e. The zero-order chi connectivity index (χ0) is 17.9. The standard InChI is InChI=1S/C18H14N2O4S2/c21-16(8-15-17(22)20-12-4-1-2-5-13(12)26-15)23-9-11-10-24-18(19-11)14-6-3-7-25-14/h1-7,10,15H,8-9H2,(H,20,22)/t15-/m1/s1. The number of nitrogens with one attached hydrogen (secondary N) is 1. The maximum atomic E-state index is 12.1. The number of carbonyl (C=O) groups excluding carboxylic acids is 2. The number of carbonyl (C=O) groups is 2. The van der Waals surface area contributed by atoms with Crippen molar-refractivity contribution in [3.63, 3.8) is 0 Å². The number of aromatic nitrogens is 1. The smallest absolute Gasteiger partial charge is 0.307 e. The fourth-order valence-corrected chi connectivity index (χ4v) is 4.23. The molecule has 0 bridgehead atoms. The molecule has 26 heavy (non-hydrogen) atoms. The fourth-order valence-electron chi connectivity index (χ4n) is 2.48. The van der Waals surface area contributed by atoms with E-state index >= 15 is 0 Å². The van der Waals surface area contributed by atoms with Crippen molar-refractivity contribution in [3.05, 3.63) is 53.7 Å². The van der Waals surface area contributed by atoms with Gasteiger partial charge in [-0.2, -0.15) is 0 Å². The third-order valence-corrected chi connectivity index (χ3v) is 5.86. The number of esters is 1. The van der Waals surface area contributed by atoms with Crippen LogP contribution in [0.5, 0.6) is 0 Å².